The van der Waals surface area contributed by atoms with E-state index in [9.17, 15) is 30.6 Å². The minimum Gasteiger partial charge on any atom is -0.389 e. The fourth-order valence-corrected chi connectivity index (χ4v) is 10.2. The molecule has 4 fully saturated rings. The Morgan fingerprint density at radius 3 is 1.48 bits per heavy atom. The van der Waals surface area contributed by atoms with Crippen molar-refractivity contribution in [1.29, 1.82) is 0 Å². The topological polar surface area (TPSA) is 307 Å². The molecule has 0 aromatic rings. The highest BCUT2D eigenvalue weighted by Gasteiger charge is 2.54. The Morgan fingerprint density at radius 1 is 0.483 bits per heavy atom. The average Bonchev–Trinajstić information content (AvgIpc) is 3.49. The van der Waals surface area contributed by atoms with E-state index in [1.165, 1.54) is 44.9 Å². The molecule has 342 valence electrons. The van der Waals surface area contributed by atoms with Gasteiger partial charge in [-0.25, -0.2) is 0 Å². The van der Waals surface area contributed by atoms with Crippen LogP contribution in [-0.4, -0.2) is 176 Å². The molecule has 0 bridgehead atoms. The summed E-state index contributed by atoms with van der Waals surface area (Å²) in [7, 11) is 0. The Morgan fingerprint density at radius 2 is 0.931 bits per heavy atom. The second kappa shape index (κ2) is 26.0. The van der Waals surface area contributed by atoms with Crippen LogP contribution in [0.1, 0.15) is 97.3 Å². The smallest absolute Gasteiger partial charge is 0.187 e. The molecule has 4 aliphatic rings. The van der Waals surface area contributed by atoms with Crippen LogP contribution in [0.2, 0.25) is 0 Å². The first kappa shape index (κ1) is 50.7. The lowest BCUT2D eigenvalue weighted by atomic mass is 9.84. The first-order valence-corrected chi connectivity index (χ1v) is 24.0. The van der Waals surface area contributed by atoms with E-state index >= 15 is 0 Å². The van der Waals surface area contributed by atoms with Gasteiger partial charge in [-0.15, -0.1) is 0 Å². The molecule has 3 aliphatic heterocycles. The molecule has 0 aromatic carbocycles. The van der Waals surface area contributed by atoms with Gasteiger partial charge >= 0.3 is 0 Å². The highest BCUT2D eigenvalue weighted by atomic mass is 32.2. The number of hydrogen-bond donors (Lipinski definition) is 11. The van der Waals surface area contributed by atoms with Crippen LogP contribution in [0.3, 0.4) is 0 Å². The van der Waals surface area contributed by atoms with Crippen molar-refractivity contribution in [2.24, 2.45) is 28.7 Å². The molecule has 1 unspecified atom stereocenters. The highest BCUT2D eigenvalue weighted by Crippen LogP contribution is 2.36. The third-order valence-corrected chi connectivity index (χ3v) is 14.1. The largest absolute Gasteiger partial charge is 0.389 e. The van der Waals surface area contributed by atoms with Gasteiger partial charge in [0.1, 0.15) is 54.9 Å². The number of aliphatic hydroxyl groups excluding tert-OH is 6. The van der Waals surface area contributed by atoms with Crippen LogP contribution < -0.4 is 28.7 Å². The van der Waals surface area contributed by atoms with Gasteiger partial charge in [0.2, 0.25) is 0 Å². The van der Waals surface area contributed by atoms with Crippen LogP contribution in [0.4, 0.5) is 0 Å². The summed E-state index contributed by atoms with van der Waals surface area (Å²) in [6.07, 6.45) is -3.82. The summed E-state index contributed by atoms with van der Waals surface area (Å²) in [5, 5.41) is 66.1. The number of ether oxygens (including phenoxy) is 6. The van der Waals surface area contributed by atoms with Gasteiger partial charge in [0.05, 0.1) is 30.4 Å². The summed E-state index contributed by atoms with van der Waals surface area (Å²) in [6.45, 7) is 4.26. The standard InChI is InChI=1S/C39H77N5O12S2/c1-3-5-7-9-11-13-15-57-19-24-30(47)32(49)27(44)38(52-24)54-34-22(42)17-21(41)28(45)36(34)56-39-33(50)35(25(53-39)20-58-16-14-12-10-8-6-4-2)55-37-26(43)31(48)29(46)23(18-40)51-37/h21-39,45-50H,3-20,40-44H2,1-2H3/t21-,22+,23?,24-,25-,26-,27-,28+,29-,30-,31-,32-,33-,34-,35-,36-,37-,38-,39+/m1/s1. The Balaban J connectivity index is 1.45. The van der Waals surface area contributed by atoms with Crippen molar-refractivity contribution in [3.8, 4) is 0 Å². The average molecular weight is 872 g/mol. The fourth-order valence-electron chi connectivity index (χ4n) is 8.04. The van der Waals surface area contributed by atoms with E-state index in [0.717, 1.165) is 43.6 Å². The summed E-state index contributed by atoms with van der Waals surface area (Å²) in [4.78, 5) is 0. The molecule has 17 nitrogen and oxygen atoms in total. The summed E-state index contributed by atoms with van der Waals surface area (Å²) in [5.41, 5.74) is 31.3. The van der Waals surface area contributed by atoms with Gasteiger partial charge in [-0.05, 0) is 30.8 Å². The molecule has 3 heterocycles. The van der Waals surface area contributed by atoms with Gasteiger partial charge in [0.25, 0.3) is 0 Å². The lowest BCUT2D eigenvalue weighted by molar-refractivity contribution is -0.305. The number of thioether (sulfide) groups is 2. The quantitative estimate of drug-likeness (QED) is 0.0508. The molecule has 1 aliphatic carbocycles. The van der Waals surface area contributed by atoms with Crippen molar-refractivity contribution >= 4 is 23.5 Å². The molecular formula is C39H77N5O12S2. The third-order valence-electron chi connectivity index (χ3n) is 11.8. The van der Waals surface area contributed by atoms with E-state index in [0.29, 0.717) is 11.5 Å². The second-order valence-electron chi connectivity index (χ2n) is 16.5. The third kappa shape index (κ3) is 14.0. The van der Waals surface area contributed by atoms with Crippen LogP contribution in [0.25, 0.3) is 0 Å². The zero-order valence-corrected chi connectivity index (χ0v) is 36.2. The van der Waals surface area contributed by atoms with Crippen molar-refractivity contribution in [3.05, 3.63) is 0 Å². The maximum atomic E-state index is 11.8. The lowest BCUT2D eigenvalue weighted by Crippen LogP contribution is -2.68. The highest BCUT2D eigenvalue weighted by molar-refractivity contribution is 7.99. The van der Waals surface area contributed by atoms with E-state index in [1.54, 1.807) is 23.5 Å². The van der Waals surface area contributed by atoms with Crippen molar-refractivity contribution in [3.63, 3.8) is 0 Å². The zero-order valence-electron chi connectivity index (χ0n) is 34.5. The molecule has 58 heavy (non-hydrogen) atoms. The van der Waals surface area contributed by atoms with Gasteiger partial charge < -0.3 is 87.7 Å². The zero-order chi connectivity index (χ0) is 42.4. The van der Waals surface area contributed by atoms with Gasteiger partial charge in [0, 0.05) is 30.1 Å². The minimum atomic E-state index is -1.45. The first-order valence-electron chi connectivity index (χ1n) is 21.7. The van der Waals surface area contributed by atoms with Crippen LogP contribution in [0.15, 0.2) is 0 Å². The predicted octanol–water partition coefficient (Wildman–Crippen LogP) is -0.659. The summed E-state index contributed by atoms with van der Waals surface area (Å²) in [6, 6.07) is -3.92. The molecule has 3 saturated heterocycles. The first-order chi connectivity index (χ1) is 27.8. The minimum absolute atomic E-state index is 0.109. The molecule has 0 amide bonds. The molecule has 19 atom stereocenters. The number of rotatable bonds is 25. The van der Waals surface area contributed by atoms with Crippen molar-refractivity contribution in [2.45, 2.75) is 214 Å². The Kier molecular flexibility index (Phi) is 22.7. The van der Waals surface area contributed by atoms with Crippen molar-refractivity contribution in [1.82, 2.24) is 0 Å². The molecule has 1 saturated carbocycles. The molecule has 0 spiro atoms. The Hall–Kier alpha value is 0.0200. The van der Waals surface area contributed by atoms with E-state index < -0.39 is 116 Å². The van der Waals surface area contributed by atoms with Crippen molar-refractivity contribution < 1.29 is 59.1 Å². The van der Waals surface area contributed by atoms with Gasteiger partial charge in [-0.1, -0.05) is 78.1 Å². The molecule has 16 N–H and O–H groups in total. The van der Waals surface area contributed by atoms with E-state index in [4.69, 9.17) is 57.1 Å². The van der Waals surface area contributed by atoms with E-state index in [-0.39, 0.29) is 13.0 Å². The Labute approximate surface area is 353 Å². The second-order valence-corrected chi connectivity index (χ2v) is 18.8. The number of hydrogen-bond acceptors (Lipinski definition) is 19. The fraction of sp³-hybridized carbons (Fsp3) is 1.00. The molecule has 4 rings (SSSR count). The molecule has 0 aromatic heterocycles. The normalized spacial score (nSPS) is 42.3. The Bertz CT molecular complexity index is 1130. The predicted molar refractivity (Wildman–Crippen MR) is 224 cm³/mol. The number of nitrogens with two attached hydrogens (primary N) is 5. The summed E-state index contributed by atoms with van der Waals surface area (Å²) < 4.78 is 37.3. The lowest BCUT2D eigenvalue weighted by Gasteiger charge is -2.47. The van der Waals surface area contributed by atoms with Gasteiger partial charge in [-0.2, -0.15) is 23.5 Å². The number of unbranched alkanes of at least 4 members (excludes halogenated alkanes) is 10. The van der Waals surface area contributed by atoms with E-state index in [2.05, 4.69) is 13.8 Å². The maximum Gasteiger partial charge on any atom is 0.187 e. The van der Waals surface area contributed by atoms with Crippen LogP contribution >= 0.6 is 23.5 Å². The van der Waals surface area contributed by atoms with Crippen LogP contribution in [-0.2, 0) is 28.4 Å². The SMILES string of the molecule is CCCCCCCCSC[C@H]1O[C@H](O[C@H]2[C@H](O[C@@H]3O[C@H](CSCCCCCCCC)[C@@H](O[C@H]4OC(CN)[C@@H](O)[C@H](O)[C@H]4N)[C@H]3O)[C@@H](O)[C@H](N)C[C@@H]2N)[C@H](N)[C@@H](O)[C@@H]1O. The van der Waals surface area contributed by atoms with Crippen molar-refractivity contribution in [2.75, 3.05) is 29.6 Å². The number of aliphatic hydroxyl groups is 6. The van der Waals surface area contributed by atoms with Gasteiger partial charge in [-0.3, -0.25) is 0 Å². The monoisotopic (exact) mass is 872 g/mol. The maximum absolute atomic E-state index is 11.8. The van der Waals surface area contributed by atoms with E-state index in [1.807, 2.05) is 0 Å². The van der Waals surface area contributed by atoms with Gasteiger partial charge in [0.15, 0.2) is 18.9 Å². The molecular weight excluding hydrogens is 795 g/mol. The summed E-state index contributed by atoms with van der Waals surface area (Å²) in [5.74, 6) is 2.53. The summed E-state index contributed by atoms with van der Waals surface area (Å²) >= 11 is 3.25. The molecule has 0 radical (unpaired) electrons. The van der Waals surface area contributed by atoms with Crippen LogP contribution in [0.5, 0.6) is 0 Å². The molecule has 19 heteroatoms. The van der Waals surface area contributed by atoms with Crippen LogP contribution in [0, 0.1) is 0 Å².